The smallest absolute Gasteiger partial charge is 0.265 e. The van der Waals surface area contributed by atoms with Crippen molar-refractivity contribution in [2.75, 3.05) is 11.8 Å². The minimum atomic E-state index is -3.71. The SMILES string of the molecule is CNCc1c(C)oc(C)c1S(=O)(=O)Nc1ccncc1C. The van der Waals surface area contributed by atoms with Crippen LogP contribution in [0.2, 0.25) is 0 Å². The second kappa shape index (κ2) is 5.87. The summed E-state index contributed by atoms with van der Waals surface area (Å²) in [6.45, 7) is 5.64. The number of hydrogen-bond donors (Lipinski definition) is 2. The number of aryl methyl sites for hydroxylation is 3. The van der Waals surface area contributed by atoms with Crippen molar-refractivity contribution >= 4 is 15.7 Å². The van der Waals surface area contributed by atoms with Gasteiger partial charge in [-0.3, -0.25) is 9.71 Å². The Morgan fingerprint density at radius 3 is 2.57 bits per heavy atom. The first-order chi connectivity index (χ1) is 9.86. The van der Waals surface area contributed by atoms with Crippen LogP contribution in [0.1, 0.15) is 22.6 Å². The summed E-state index contributed by atoms with van der Waals surface area (Å²) >= 11 is 0. The van der Waals surface area contributed by atoms with Crippen LogP contribution < -0.4 is 10.0 Å². The molecule has 0 radical (unpaired) electrons. The number of sulfonamides is 1. The van der Waals surface area contributed by atoms with Gasteiger partial charge in [0.15, 0.2) is 0 Å². The molecule has 2 heterocycles. The van der Waals surface area contributed by atoms with Crippen LogP contribution in [0.15, 0.2) is 27.8 Å². The van der Waals surface area contributed by atoms with Gasteiger partial charge in [0.1, 0.15) is 16.4 Å². The van der Waals surface area contributed by atoms with Gasteiger partial charge in [-0.15, -0.1) is 0 Å². The standard InChI is InChI=1S/C14H19N3O3S/c1-9-7-16-6-5-13(9)17-21(18,19)14-11(3)20-10(2)12(14)8-15-4/h5-7,15H,8H2,1-4H3,(H,16,17). The summed E-state index contributed by atoms with van der Waals surface area (Å²) in [5.74, 6) is 0.991. The van der Waals surface area contributed by atoms with E-state index in [4.69, 9.17) is 4.42 Å². The molecule has 2 aromatic rings. The summed E-state index contributed by atoms with van der Waals surface area (Å²) in [5.41, 5.74) is 1.92. The summed E-state index contributed by atoms with van der Waals surface area (Å²) in [6.07, 6.45) is 3.16. The Bertz CT molecular complexity index is 751. The molecule has 0 saturated heterocycles. The highest BCUT2D eigenvalue weighted by Gasteiger charge is 2.26. The molecule has 2 rings (SSSR count). The molecule has 21 heavy (non-hydrogen) atoms. The van der Waals surface area contributed by atoms with E-state index in [9.17, 15) is 8.42 Å². The predicted molar refractivity (Wildman–Crippen MR) is 80.7 cm³/mol. The molecular weight excluding hydrogens is 290 g/mol. The number of nitrogens with one attached hydrogen (secondary N) is 2. The third-order valence-corrected chi connectivity index (χ3v) is 4.77. The fourth-order valence-corrected chi connectivity index (χ4v) is 3.81. The van der Waals surface area contributed by atoms with Crippen LogP contribution in [0, 0.1) is 20.8 Å². The van der Waals surface area contributed by atoms with Gasteiger partial charge in [0.25, 0.3) is 10.0 Å². The van der Waals surface area contributed by atoms with E-state index in [2.05, 4.69) is 15.0 Å². The van der Waals surface area contributed by atoms with Crippen molar-refractivity contribution in [3.63, 3.8) is 0 Å². The first kappa shape index (κ1) is 15.5. The number of nitrogens with zero attached hydrogens (tertiary/aromatic N) is 1. The van der Waals surface area contributed by atoms with E-state index in [-0.39, 0.29) is 4.90 Å². The molecule has 0 atom stereocenters. The summed E-state index contributed by atoms with van der Waals surface area (Å²) in [4.78, 5) is 4.15. The Morgan fingerprint density at radius 1 is 1.24 bits per heavy atom. The van der Waals surface area contributed by atoms with E-state index in [0.29, 0.717) is 29.3 Å². The van der Waals surface area contributed by atoms with Crippen LogP contribution in [0.5, 0.6) is 0 Å². The Labute approximate surface area is 124 Å². The average molecular weight is 309 g/mol. The zero-order chi connectivity index (χ0) is 15.6. The molecule has 0 bridgehead atoms. The van der Waals surface area contributed by atoms with Crippen molar-refractivity contribution in [1.29, 1.82) is 0 Å². The number of hydrogen-bond acceptors (Lipinski definition) is 5. The molecule has 0 unspecified atom stereocenters. The minimum absolute atomic E-state index is 0.200. The maximum Gasteiger partial charge on any atom is 0.265 e. The van der Waals surface area contributed by atoms with Gasteiger partial charge in [0.2, 0.25) is 0 Å². The lowest BCUT2D eigenvalue weighted by atomic mass is 10.2. The lowest BCUT2D eigenvalue weighted by Crippen LogP contribution is -2.18. The van der Waals surface area contributed by atoms with Crippen LogP contribution in [0.3, 0.4) is 0 Å². The maximum absolute atomic E-state index is 12.7. The van der Waals surface area contributed by atoms with Crippen molar-refractivity contribution < 1.29 is 12.8 Å². The summed E-state index contributed by atoms with van der Waals surface area (Å²) in [7, 11) is -1.95. The Balaban J connectivity index is 2.48. The van der Waals surface area contributed by atoms with E-state index < -0.39 is 10.0 Å². The number of rotatable bonds is 5. The molecule has 0 fully saturated rings. The van der Waals surface area contributed by atoms with Gasteiger partial charge in [-0.2, -0.15) is 0 Å². The van der Waals surface area contributed by atoms with Gasteiger partial charge >= 0.3 is 0 Å². The van der Waals surface area contributed by atoms with Crippen molar-refractivity contribution in [1.82, 2.24) is 10.3 Å². The van der Waals surface area contributed by atoms with Crippen molar-refractivity contribution in [3.8, 4) is 0 Å². The Morgan fingerprint density at radius 2 is 1.95 bits per heavy atom. The first-order valence-corrected chi connectivity index (χ1v) is 8.02. The van der Waals surface area contributed by atoms with Gasteiger partial charge in [0, 0.05) is 24.5 Å². The van der Waals surface area contributed by atoms with Gasteiger partial charge in [-0.05, 0) is 39.4 Å². The fraction of sp³-hybridized carbons (Fsp3) is 0.357. The van der Waals surface area contributed by atoms with Crippen LogP contribution >= 0.6 is 0 Å². The van der Waals surface area contributed by atoms with Gasteiger partial charge in [-0.25, -0.2) is 8.42 Å². The quantitative estimate of drug-likeness (QED) is 0.884. The maximum atomic E-state index is 12.7. The summed E-state index contributed by atoms with van der Waals surface area (Å²) < 4.78 is 33.4. The van der Waals surface area contributed by atoms with Gasteiger partial charge < -0.3 is 9.73 Å². The second-order valence-electron chi connectivity index (χ2n) is 4.85. The molecule has 0 aliphatic rings. The van der Waals surface area contributed by atoms with Crippen LogP contribution in [-0.4, -0.2) is 20.4 Å². The third-order valence-electron chi connectivity index (χ3n) is 3.21. The summed E-state index contributed by atoms with van der Waals surface area (Å²) in [5, 5.41) is 2.96. The van der Waals surface area contributed by atoms with E-state index >= 15 is 0 Å². The highest BCUT2D eigenvalue weighted by molar-refractivity contribution is 7.92. The molecule has 6 nitrogen and oxygen atoms in total. The molecule has 2 N–H and O–H groups in total. The molecule has 0 aliphatic carbocycles. The second-order valence-corrected chi connectivity index (χ2v) is 6.47. The molecule has 0 spiro atoms. The van der Waals surface area contributed by atoms with Crippen molar-refractivity contribution in [2.24, 2.45) is 0 Å². The zero-order valence-corrected chi connectivity index (χ0v) is 13.3. The minimum Gasteiger partial charge on any atom is -0.465 e. The molecule has 2 aromatic heterocycles. The number of furan rings is 1. The van der Waals surface area contributed by atoms with E-state index in [1.807, 2.05) is 0 Å². The number of anilines is 1. The van der Waals surface area contributed by atoms with E-state index in [1.54, 1.807) is 46.3 Å². The van der Waals surface area contributed by atoms with Crippen LogP contribution in [-0.2, 0) is 16.6 Å². The van der Waals surface area contributed by atoms with Crippen molar-refractivity contribution in [3.05, 3.63) is 41.1 Å². The van der Waals surface area contributed by atoms with E-state index in [0.717, 1.165) is 5.56 Å². The average Bonchev–Trinajstić information content (AvgIpc) is 2.68. The Kier molecular flexibility index (Phi) is 4.34. The lowest BCUT2D eigenvalue weighted by Gasteiger charge is -2.11. The fourth-order valence-electron chi connectivity index (χ4n) is 2.23. The highest BCUT2D eigenvalue weighted by atomic mass is 32.2. The molecule has 0 aromatic carbocycles. The molecular formula is C14H19N3O3S. The van der Waals surface area contributed by atoms with Gasteiger partial charge in [0.05, 0.1) is 5.69 Å². The normalized spacial score (nSPS) is 11.6. The first-order valence-electron chi connectivity index (χ1n) is 6.53. The molecule has 0 aliphatic heterocycles. The highest BCUT2D eigenvalue weighted by Crippen LogP contribution is 2.28. The van der Waals surface area contributed by atoms with Crippen molar-refractivity contribution in [2.45, 2.75) is 32.2 Å². The molecule has 7 heteroatoms. The van der Waals surface area contributed by atoms with Gasteiger partial charge in [-0.1, -0.05) is 0 Å². The van der Waals surface area contributed by atoms with Crippen LogP contribution in [0.4, 0.5) is 5.69 Å². The largest absolute Gasteiger partial charge is 0.465 e. The topological polar surface area (TPSA) is 84.2 Å². The zero-order valence-electron chi connectivity index (χ0n) is 12.5. The monoisotopic (exact) mass is 309 g/mol. The number of pyridine rings is 1. The lowest BCUT2D eigenvalue weighted by molar-refractivity contribution is 0.494. The molecule has 114 valence electrons. The third kappa shape index (κ3) is 3.08. The Hall–Kier alpha value is -1.86. The molecule has 0 amide bonds. The molecule has 0 saturated carbocycles. The predicted octanol–water partition coefficient (Wildman–Crippen LogP) is 2.12. The summed E-state index contributed by atoms with van der Waals surface area (Å²) in [6, 6.07) is 1.63. The van der Waals surface area contributed by atoms with Crippen LogP contribution in [0.25, 0.3) is 0 Å². The number of aromatic nitrogens is 1. The van der Waals surface area contributed by atoms with E-state index in [1.165, 1.54) is 0 Å².